The summed E-state index contributed by atoms with van der Waals surface area (Å²) in [5.74, 6) is 0.398. The van der Waals surface area contributed by atoms with Gasteiger partial charge in [0.1, 0.15) is 5.76 Å². The van der Waals surface area contributed by atoms with Crippen LogP contribution in [-0.2, 0) is 6.54 Å². The molecule has 0 aliphatic rings. The highest BCUT2D eigenvalue weighted by Crippen LogP contribution is 2.13. The fraction of sp³-hybridized carbons (Fsp3) is 0.0625. The summed E-state index contributed by atoms with van der Waals surface area (Å²) in [5, 5.41) is 8.78. The Hall–Kier alpha value is -3.33. The van der Waals surface area contributed by atoms with Crippen LogP contribution in [0.4, 0.5) is 0 Å². The largest absolute Gasteiger partial charge is 0.464 e. The lowest BCUT2D eigenvalue weighted by atomic mass is 10.1. The van der Waals surface area contributed by atoms with E-state index in [9.17, 15) is 9.59 Å². The van der Waals surface area contributed by atoms with Gasteiger partial charge in [0.15, 0.2) is 0 Å². The number of H-pyrrole nitrogens is 1. The van der Waals surface area contributed by atoms with Gasteiger partial charge in [0.25, 0.3) is 5.56 Å². The molecule has 3 aromatic rings. The van der Waals surface area contributed by atoms with Crippen LogP contribution in [0, 0.1) is 11.3 Å². The number of aromatic amines is 1. The molecule has 0 saturated heterocycles. The molecule has 0 saturated carbocycles. The van der Waals surface area contributed by atoms with Crippen molar-refractivity contribution in [1.82, 2.24) is 9.55 Å². The van der Waals surface area contributed by atoms with Crippen molar-refractivity contribution >= 4 is 0 Å². The molecule has 0 aliphatic carbocycles. The van der Waals surface area contributed by atoms with Crippen LogP contribution < -0.4 is 11.2 Å². The Labute approximate surface area is 124 Å². The molecular formula is C16H11N3O3. The molecule has 2 heterocycles. The standard InChI is InChI=1S/C16H11N3O3/c17-8-11-3-5-12(6-4-11)10-19-15(20)13(9-18-16(19)21)14-2-1-7-22-14/h1-7,9H,10H2,(H,18,21). The van der Waals surface area contributed by atoms with E-state index in [0.717, 1.165) is 10.1 Å². The normalized spacial score (nSPS) is 10.3. The number of rotatable bonds is 3. The van der Waals surface area contributed by atoms with Gasteiger partial charge in [0.05, 0.1) is 30.0 Å². The van der Waals surface area contributed by atoms with Gasteiger partial charge in [0.2, 0.25) is 0 Å². The number of hydrogen-bond acceptors (Lipinski definition) is 4. The van der Waals surface area contributed by atoms with Crippen LogP contribution in [0.3, 0.4) is 0 Å². The lowest BCUT2D eigenvalue weighted by Gasteiger charge is -2.06. The first-order chi connectivity index (χ1) is 10.7. The summed E-state index contributed by atoms with van der Waals surface area (Å²) >= 11 is 0. The summed E-state index contributed by atoms with van der Waals surface area (Å²) in [4.78, 5) is 26.9. The Kier molecular flexibility index (Phi) is 3.46. The Morgan fingerprint density at radius 3 is 2.59 bits per heavy atom. The topological polar surface area (TPSA) is 91.8 Å². The minimum atomic E-state index is -0.496. The zero-order valence-corrected chi connectivity index (χ0v) is 11.4. The molecule has 0 fully saturated rings. The number of nitrogens with one attached hydrogen (secondary N) is 1. The molecular weight excluding hydrogens is 282 g/mol. The average Bonchev–Trinajstić information content (AvgIpc) is 3.06. The third kappa shape index (κ3) is 2.47. The van der Waals surface area contributed by atoms with Crippen molar-refractivity contribution in [2.45, 2.75) is 6.54 Å². The van der Waals surface area contributed by atoms with E-state index in [1.54, 1.807) is 36.4 Å². The van der Waals surface area contributed by atoms with Crippen LogP contribution >= 0.6 is 0 Å². The lowest BCUT2D eigenvalue weighted by molar-refractivity contribution is 0.578. The fourth-order valence-corrected chi connectivity index (χ4v) is 2.13. The van der Waals surface area contributed by atoms with E-state index in [2.05, 4.69) is 4.98 Å². The zero-order chi connectivity index (χ0) is 15.5. The third-order valence-corrected chi connectivity index (χ3v) is 3.27. The molecule has 0 spiro atoms. The maximum atomic E-state index is 12.4. The summed E-state index contributed by atoms with van der Waals surface area (Å²) in [6, 6.07) is 12.1. The molecule has 6 nitrogen and oxygen atoms in total. The van der Waals surface area contributed by atoms with Gasteiger partial charge in [-0.2, -0.15) is 5.26 Å². The van der Waals surface area contributed by atoms with E-state index < -0.39 is 11.2 Å². The Bertz CT molecular complexity index is 942. The first-order valence-electron chi connectivity index (χ1n) is 6.54. The van der Waals surface area contributed by atoms with Crippen LogP contribution in [0.2, 0.25) is 0 Å². The quantitative estimate of drug-likeness (QED) is 0.795. The second-order valence-corrected chi connectivity index (χ2v) is 4.68. The van der Waals surface area contributed by atoms with Gasteiger partial charge in [-0.05, 0) is 29.8 Å². The van der Waals surface area contributed by atoms with Gasteiger partial charge in [-0.15, -0.1) is 0 Å². The minimum Gasteiger partial charge on any atom is -0.464 e. The van der Waals surface area contributed by atoms with Crippen LogP contribution in [0.5, 0.6) is 0 Å². The Morgan fingerprint density at radius 1 is 1.18 bits per heavy atom. The number of nitriles is 1. The molecule has 22 heavy (non-hydrogen) atoms. The molecule has 0 bridgehead atoms. The maximum absolute atomic E-state index is 12.4. The van der Waals surface area contributed by atoms with Crippen molar-refractivity contribution < 1.29 is 4.42 Å². The van der Waals surface area contributed by atoms with Gasteiger partial charge in [0, 0.05) is 6.20 Å². The van der Waals surface area contributed by atoms with Crippen molar-refractivity contribution in [1.29, 1.82) is 5.26 Å². The summed E-state index contributed by atoms with van der Waals surface area (Å²) < 4.78 is 6.30. The van der Waals surface area contributed by atoms with E-state index in [0.29, 0.717) is 16.9 Å². The molecule has 1 N–H and O–H groups in total. The second kappa shape index (κ2) is 5.58. The molecule has 0 radical (unpaired) electrons. The minimum absolute atomic E-state index is 0.119. The van der Waals surface area contributed by atoms with Crippen molar-refractivity contribution in [3.63, 3.8) is 0 Å². The highest BCUT2D eigenvalue weighted by atomic mass is 16.3. The van der Waals surface area contributed by atoms with E-state index in [1.165, 1.54) is 12.5 Å². The van der Waals surface area contributed by atoms with Crippen LogP contribution in [0.15, 0.2) is 62.9 Å². The monoisotopic (exact) mass is 293 g/mol. The SMILES string of the molecule is N#Cc1ccc(Cn2c(=O)[nH]cc(-c3ccco3)c2=O)cc1. The highest BCUT2D eigenvalue weighted by molar-refractivity contribution is 5.54. The number of benzene rings is 1. The van der Waals surface area contributed by atoms with E-state index in [-0.39, 0.29) is 6.54 Å². The van der Waals surface area contributed by atoms with E-state index in [1.807, 2.05) is 6.07 Å². The number of nitrogens with zero attached hydrogens (tertiary/aromatic N) is 2. The predicted molar refractivity (Wildman–Crippen MR) is 79.3 cm³/mol. The highest BCUT2D eigenvalue weighted by Gasteiger charge is 2.11. The fourth-order valence-electron chi connectivity index (χ4n) is 2.13. The molecule has 2 aromatic heterocycles. The molecule has 108 valence electrons. The smallest absolute Gasteiger partial charge is 0.328 e. The molecule has 0 unspecified atom stereocenters. The first kappa shape index (κ1) is 13.6. The molecule has 0 amide bonds. The Balaban J connectivity index is 2.03. The zero-order valence-electron chi connectivity index (χ0n) is 11.4. The van der Waals surface area contributed by atoms with Gasteiger partial charge in [-0.1, -0.05) is 12.1 Å². The van der Waals surface area contributed by atoms with Gasteiger partial charge in [-0.3, -0.25) is 9.36 Å². The van der Waals surface area contributed by atoms with Crippen molar-refractivity contribution in [2.24, 2.45) is 0 Å². The summed E-state index contributed by atoms with van der Waals surface area (Å²) in [7, 11) is 0. The number of aromatic nitrogens is 2. The van der Waals surface area contributed by atoms with Gasteiger partial charge < -0.3 is 9.40 Å². The van der Waals surface area contributed by atoms with Crippen LogP contribution in [0.25, 0.3) is 11.3 Å². The van der Waals surface area contributed by atoms with Crippen molar-refractivity contribution in [3.05, 3.63) is 80.8 Å². The lowest BCUT2D eigenvalue weighted by Crippen LogP contribution is -2.35. The van der Waals surface area contributed by atoms with Crippen LogP contribution in [-0.4, -0.2) is 9.55 Å². The van der Waals surface area contributed by atoms with E-state index >= 15 is 0 Å². The Morgan fingerprint density at radius 2 is 1.95 bits per heavy atom. The summed E-state index contributed by atoms with van der Waals surface area (Å²) in [6.07, 6.45) is 2.81. The van der Waals surface area contributed by atoms with Crippen LogP contribution in [0.1, 0.15) is 11.1 Å². The number of furan rings is 1. The van der Waals surface area contributed by atoms with E-state index in [4.69, 9.17) is 9.68 Å². The molecule has 3 rings (SSSR count). The summed E-state index contributed by atoms with van der Waals surface area (Å²) in [6.45, 7) is 0.119. The average molecular weight is 293 g/mol. The maximum Gasteiger partial charge on any atom is 0.328 e. The second-order valence-electron chi connectivity index (χ2n) is 4.68. The third-order valence-electron chi connectivity index (χ3n) is 3.27. The van der Waals surface area contributed by atoms with Crippen molar-refractivity contribution in [2.75, 3.05) is 0 Å². The van der Waals surface area contributed by atoms with Crippen molar-refractivity contribution in [3.8, 4) is 17.4 Å². The molecule has 0 atom stereocenters. The predicted octanol–water partition coefficient (Wildman–Crippen LogP) is 1.72. The number of hydrogen-bond donors (Lipinski definition) is 1. The van der Waals surface area contributed by atoms with Gasteiger partial charge in [-0.25, -0.2) is 4.79 Å². The molecule has 0 aliphatic heterocycles. The molecule has 1 aromatic carbocycles. The first-order valence-corrected chi connectivity index (χ1v) is 6.54. The molecule has 6 heteroatoms. The summed E-state index contributed by atoms with van der Waals surface area (Å²) in [5.41, 5.74) is 0.642. The van der Waals surface area contributed by atoms with Gasteiger partial charge >= 0.3 is 5.69 Å².